The second-order valence-electron chi connectivity index (χ2n) is 2.47. The topological polar surface area (TPSA) is 83.5 Å². The van der Waals surface area contributed by atoms with Crippen molar-refractivity contribution in [1.82, 2.24) is 5.32 Å². The van der Waals surface area contributed by atoms with Crippen molar-refractivity contribution >= 4 is 27.8 Å². The molecule has 0 atom stereocenters. The molecule has 1 saturated heterocycles. The van der Waals surface area contributed by atoms with E-state index in [1.54, 1.807) is 11.8 Å². The summed E-state index contributed by atoms with van der Waals surface area (Å²) in [5.74, 6) is 2.88. The van der Waals surface area contributed by atoms with Crippen molar-refractivity contribution in [3.05, 3.63) is 4.91 Å². The lowest BCUT2D eigenvalue weighted by atomic mass is 10.5. The molecule has 5 nitrogen and oxygen atoms in total. The Hall–Kier alpha value is -0.540. The van der Waals surface area contributed by atoms with Gasteiger partial charge in [-0.05, 0) is 0 Å². The Morgan fingerprint density at radius 1 is 1.44 bits per heavy atom. The molecule has 1 aliphatic heterocycles. The van der Waals surface area contributed by atoms with Crippen LogP contribution in [-0.4, -0.2) is 43.3 Å². The fraction of sp³-hybridized carbons (Fsp3) is 0.667. The van der Waals surface area contributed by atoms with E-state index in [2.05, 4.69) is 5.32 Å². The van der Waals surface area contributed by atoms with Crippen molar-refractivity contribution in [1.29, 1.82) is 0 Å². The fourth-order valence-electron chi connectivity index (χ4n) is 0.565. The molecular weight excluding hydrogens is 271 g/mol. The summed E-state index contributed by atoms with van der Waals surface area (Å²) in [5.41, 5.74) is -5.53. The second-order valence-corrected chi connectivity index (χ2v) is 5.07. The first kappa shape index (κ1) is 15.5. The Bertz CT molecular complexity index is 364. The molecule has 1 aliphatic rings. The van der Waals surface area contributed by atoms with Gasteiger partial charge in [-0.15, -0.1) is 11.8 Å². The van der Waals surface area contributed by atoms with Gasteiger partial charge in [0.05, 0.1) is 4.91 Å². The molecule has 0 spiro atoms. The van der Waals surface area contributed by atoms with E-state index < -0.39 is 15.6 Å². The van der Waals surface area contributed by atoms with Crippen LogP contribution in [0.25, 0.3) is 0 Å². The Morgan fingerprint density at radius 2 is 1.94 bits per heavy atom. The van der Waals surface area contributed by atoms with Gasteiger partial charge in [0.1, 0.15) is 5.94 Å². The van der Waals surface area contributed by atoms with E-state index in [4.69, 9.17) is 13.0 Å². The van der Waals surface area contributed by atoms with Crippen LogP contribution in [0.3, 0.4) is 0 Å². The molecule has 0 saturated carbocycles. The molecule has 0 aromatic heterocycles. The normalized spacial score (nSPS) is 17.1. The number of alkyl halides is 3. The summed E-state index contributed by atoms with van der Waals surface area (Å²) < 4.78 is 57.5. The van der Waals surface area contributed by atoms with E-state index in [9.17, 15) is 18.0 Å². The number of thioether (sulfide) groups is 1. The highest BCUT2D eigenvalue weighted by Crippen LogP contribution is 2.20. The Balaban J connectivity index is 0.000000281. The Kier molecular flexibility index (Phi) is 6.05. The molecule has 0 unspecified atom stereocenters. The molecule has 0 bridgehead atoms. The molecule has 94 valence electrons. The van der Waals surface area contributed by atoms with Gasteiger partial charge in [-0.25, -0.2) is 4.79 Å². The molecule has 1 rings (SSSR count). The molecular formula is C6H8F3NO4S2. The molecule has 0 radical (unpaired) electrons. The molecule has 10 heteroatoms. The summed E-state index contributed by atoms with van der Waals surface area (Å²) in [5, 5.41) is 3.07. The monoisotopic (exact) mass is 279 g/mol. The molecule has 16 heavy (non-hydrogen) atoms. The second kappa shape index (κ2) is 6.26. The van der Waals surface area contributed by atoms with Gasteiger partial charge in [0.15, 0.2) is 0 Å². The van der Waals surface area contributed by atoms with Gasteiger partial charge >= 0.3 is 15.6 Å². The van der Waals surface area contributed by atoms with Gasteiger partial charge in [0.25, 0.3) is 0 Å². The zero-order valence-electron chi connectivity index (χ0n) is 7.74. The zero-order valence-corrected chi connectivity index (χ0v) is 9.38. The van der Waals surface area contributed by atoms with Gasteiger partial charge in [-0.2, -0.15) is 21.6 Å². The van der Waals surface area contributed by atoms with E-state index in [0.29, 0.717) is 6.54 Å². The highest BCUT2D eigenvalue weighted by Gasteiger charge is 2.44. The lowest BCUT2D eigenvalue weighted by Gasteiger charge is -2.10. The molecule has 0 aliphatic carbocycles. The molecule has 0 aromatic rings. The van der Waals surface area contributed by atoms with Crippen molar-refractivity contribution in [3.63, 3.8) is 0 Å². The third-order valence-electron chi connectivity index (χ3n) is 1.25. The highest BCUT2D eigenvalue weighted by molar-refractivity contribution is 8.03. The summed E-state index contributed by atoms with van der Waals surface area (Å²) in [7, 11) is -5.84. The molecule has 0 amide bonds. The van der Waals surface area contributed by atoms with E-state index in [-0.39, 0.29) is 0 Å². The van der Waals surface area contributed by atoms with Crippen LogP contribution in [0.5, 0.6) is 0 Å². The van der Waals surface area contributed by atoms with Crippen LogP contribution < -0.4 is 5.32 Å². The predicted molar refractivity (Wildman–Crippen MR) is 52.1 cm³/mol. The van der Waals surface area contributed by atoms with Gasteiger partial charge in [-0.3, -0.25) is 4.55 Å². The number of hydrogen-bond donors (Lipinski definition) is 2. The number of carbonyl (C=O) groups excluding carboxylic acids is 1. The van der Waals surface area contributed by atoms with Crippen LogP contribution in [0.1, 0.15) is 0 Å². The van der Waals surface area contributed by atoms with Crippen molar-refractivity contribution in [3.8, 4) is 0 Å². The van der Waals surface area contributed by atoms with Gasteiger partial charge in [0.2, 0.25) is 0 Å². The maximum atomic E-state index is 10.7. The first-order valence-corrected chi connectivity index (χ1v) is 6.22. The predicted octanol–water partition coefficient (Wildman–Crippen LogP) is 0.432. The van der Waals surface area contributed by atoms with Crippen molar-refractivity contribution in [2.75, 3.05) is 18.8 Å². The Morgan fingerprint density at radius 3 is 2.12 bits per heavy atom. The number of nitrogens with one attached hydrogen (secondary N) is 1. The molecule has 1 heterocycles. The van der Waals surface area contributed by atoms with Crippen LogP contribution >= 0.6 is 11.8 Å². The van der Waals surface area contributed by atoms with Crippen LogP contribution in [-0.2, 0) is 14.9 Å². The molecule has 2 N–H and O–H groups in total. The van der Waals surface area contributed by atoms with Gasteiger partial charge < -0.3 is 5.32 Å². The Labute approximate surface area is 93.8 Å². The highest BCUT2D eigenvalue weighted by atomic mass is 32.2. The number of halogens is 3. The van der Waals surface area contributed by atoms with E-state index in [1.807, 2.05) is 5.94 Å². The number of rotatable bonds is 0. The van der Waals surface area contributed by atoms with Crippen LogP contribution in [0.15, 0.2) is 4.91 Å². The summed E-state index contributed by atoms with van der Waals surface area (Å²) >= 11 is 1.59. The fourth-order valence-corrected chi connectivity index (χ4v) is 1.32. The van der Waals surface area contributed by atoms with Crippen LogP contribution in [0, 0.1) is 0 Å². The first-order valence-electron chi connectivity index (χ1n) is 3.79. The summed E-state index contributed by atoms with van der Waals surface area (Å²) in [6, 6.07) is 0. The minimum Gasteiger partial charge on any atom is -0.311 e. The number of hydrogen-bond acceptors (Lipinski definition) is 5. The maximum absolute atomic E-state index is 10.7. The summed E-state index contributed by atoms with van der Waals surface area (Å²) in [6.45, 7) is 1.73. The quantitative estimate of drug-likeness (QED) is 0.380. The van der Waals surface area contributed by atoms with Crippen LogP contribution in [0.2, 0.25) is 0 Å². The smallest absolute Gasteiger partial charge is 0.311 e. The van der Waals surface area contributed by atoms with Crippen molar-refractivity contribution < 1.29 is 30.9 Å². The minimum atomic E-state index is -5.84. The van der Waals surface area contributed by atoms with E-state index >= 15 is 0 Å². The minimum absolute atomic E-state index is 0.716. The molecule has 1 fully saturated rings. The van der Waals surface area contributed by atoms with E-state index in [0.717, 1.165) is 17.2 Å². The SMILES string of the molecule is O=C=C1CNCCS1.O=S(=O)(O)C(F)(F)F. The zero-order chi connectivity index (χ0) is 12.8. The summed E-state index contributed by atoms with van der Waals surface area (Å²) in [4.78, 5) is 10.7. The largest absolute Gasteiger partial charge is 0.522 e. The first-order chi connectivity index (χ1) is 7.18. The van der Waals surface area contributed by atoms with Gasteiger partial charge in [-0.1, -0.05) is 0 Å². The maximum Gasteiger partial charge on any atom is 0.522 e. The average molecular weight is 279 g/mol. The van der Waals surface area contributed by atoms with Gasteiger partial charge in [0, 0.05) is 18.8 Å². The van der Waals surface area contributed by atoms with Crippen LogP contribution in [0.4, 0.5) is 13.2 Å². The lowest BCUT2D eigenvalue weighted by molar-refractivity contribution is -0.0510. The third-order valence-corrected chi connectivity index (χ3v) is 2.82. The average Bonchev–Trinajstić information content (AvgIpc) is 2.17. The molecule has 0 aromatic carbocycles. The van der Waals surface area contributed by atoms with E-state index in [1.165, 1.54) is 0 Å². The lowest BCUT2D eigenvalue weighted by Crippen LogP contribution is -2.24. The third kappa shape index (κ3) is 6.13. The van der Waals surface area contributed by atoms with Crippen molar-refractivity contribution in [2.45, 2.75) is 5.51 Å². The standard InChI is InChI=1S/C5H7NOS.CHF3O3S/c7-4-5-3-6-1-2-8-5;2-1(3,4)8(5,6)7/h6H,1-3H2;(H,5,6,7). The van der Waals surface area contributed by atoms with Crippen molar-refractivity contribution in [2.24, 2.45) is 0 Å². The summed E-state index contributed by atoms with van der Waals surface area (Å²) in [6.07, 6.45) is 0.